The summed E-state index contributed by atoms with van der Waals surface area (Å²) in [5.74, 6) is 4.51. The van der Waals surface area contributed by atoms with E-state index in [0.29, 0.717) is 17.7 Å². The second-order valence-corrected chi connectivity index (χ2v) is 10.4. The Morgan fingerprint density at radius 3 is 2.61 bits per heavy atom. The van der Waals surface area contributed by atoms with E-state index in [-0.39, 0.29) is 5.91 Å². The second-order valence-electron chi connectivity index (χ2n) is 9.31. The average Bonchev–Trinajstić information content (AvgIpc) is 3.08. The summed E-state index contributed by atoms with van der Waals surface area (Å²) in [5.41, 5.74) is 8.46. The van der Waals surface area contributed by atoms with Gasteiger partial charge in [0.1, 0.15) is 11.3 Å². The molecule has 0 unspecified atom stereocenters. The van der Waals surface area contributed by atoms with Crippen LogP contribution in [0.4, 0.5) is 0 Å². The molecule has 6 rings (SSSR count). The zero-order valence-corrected chi connectivity index (χ0v) is 17.2. The first-order valence-electron chi connectivity index (χ1n) is 10.7. The monoisotopic (exact) mass is 398 g/mol. The quantitative estimate of drug-likeness (QED) is 0.701. The Morgan fingerprint density at radius 2 is 1.93 bits per heavy atom. The molecule has 28 heavy (non-hydrogen) atoms. The van der Waals surface area contributed by atoms with E-state index in [9.17, 15) is 4.79 Å². The number of carbonyl (C=O) groups is 1. The lowest BCUT2D eigenvalue weighted by Gasteiger charge is -2.56. The number of rotatable bonds is 7. The van der Waals surface area contributed by atoms with E-state index in [4.69, 9.17) is 5.73 Å². The van der Waals surface area contributed by atoms with Gasteiger partial charge in [-0.25, -0.2) is 4.98 Å². The Labute approximate surface area is 170 Å². The van der Waals surface area contributed by atoms with E-state index in [1.165, 1.54) is 38.5 Å². The summed E-state index contributed by atoms with van der Waals surface area (Å²) in [4.78, 5) is 17.7. The highest BCUT2D eigenvalue weighted by Crippen LogP contribution is 2.59. The number of fused-ring (bicyclic) bond motifs is 1. The summed E-state index contributed by atoms with van der Waals surface area (Å²) in [6.07, 6.45) is 10.3. The molecule has 0 radical (unpaired) electrons. The molecule has 5 nitrogen and oxygen atoms in total. The minimum atomic E-state index is 0.0277. The van der Waals surface area contributed by atoms with Gasteiger partial charge < -0.3 is 11.1 Å². The van der Waals surface area contributed by atoms with Crippen molar-refractivity contribution in [1.82, 2.24) is 14.7 Å². The van der Waals surface area contributed by atoms with Gasteiger partial charge in [-0.3, -0.25) is 9.20 Å². The molecular weight excluding hydrogens is 368 g/mol. The number of thioether (sulfide) groups is 1. The molecular formula is C22H30N4OS. The lowest BCUT2D eigenvalue weighted by atomic mass is 9.49. The molecule has 0 aliphatic heterocycles. The van der Waals surface area contributed by atoms with Gasteiger partial charge in [0.25, 0.3) is 5.91 Å². The number of amides is 1. The first-order valence-corrected chi connectivity index (χ1v) is 11.8. The zero-order valence-electron chi connectivity index (χ0n) is 16.4. The Hall–Kier alpha value is -1.53. The van der Waals surface area contributed by atoms with Gasteiger partial charge >= 0.3 is 0 Å². The number of hydrogen-bond donors (Lipinski definition) is 2. The Kier molecular flexibility index (Phi) is 4.87. The predicted octanol–water partition coefficient (Wildman–Crippen LogP) is 3.47. The number of carbonyl (C=O) groups excluding carboxylic acids is 1. The van der Waals surface area contributed by atoms with E-state index in [1.54, 1.807) is 11.8 Å². The van der Waals surface area contributed by atoms with Gasteiger partial charge in [-0.15, -0.1) is 0 Å². The first-order chi connectivity index (χ1) is 13.6. The summed E-state index contributed by atoms with van der Waals surface area (Å²) in [7, 11) is 0. The third-order valence-electron chi connectivity index (χ3n) is 7.08. The van der Waals surface area contributed by atoms with Crippen molar-refractivity contribution in [1.29, 1.82) is 0 Å². The molecule has 6 heteroatoms. The standard InChI is InChI=1S/C22H30N4OS/c23-4-5-28-13-18-12-26-19(2-1-3-20(26)25-18)21(27)24-14-22-9-15-6-16(10-22)8-17(7-15)11-22/h1-3,12,15-17H,4-11,13-14,23H2,(H,24,27). The van der Waals surface area contributed by atoms with Crippen molar-refractivity contribution in [3.63, 3.8) is 0 Å². The smallest absolute Gasteiger partial charge is 0.268 e. The number of nitrogens with one attached hydrogen (secondary N) is 1. The SMILES string of the molecule is NCCSCc1cn2c(C(=O)NCC34CC5CC(CC(C5)C3)C4)cccc2n1. The number of imidazole rings is 1. The van der Waals surface area contributed by atoms with E-state index in [1.807, 2.05) is 28.8 Å². The average molecular weight is 399 g/mol. The highest BCUT2D eigenvalue weighted by Gasteiger charge is 2.50. The largest absolute Gasteiger partial charge is 0.350 e. The highest BCUT2D eigenvalue weighted by atomic mass is 32.2. The molecule has 0 saturated heterocycles. The molecule has 150 valence electrons. The van der Waals surface area contributed by atoms with Gasteiger partial charge in [-0.1, -0.05) is 6.07 Å². The number of nitrogens with zero attached hydrogens (tertiary/aromatic N) is 2. The summed E-state index contributed by atoms with van der Waals surface area (Å²) < 4.78 is 1.94. The van der Waals surface area contributed by atoms with Crippen LogP contribution in [0.2, 0.25) is 0 Å². The fourth-order valence-electron chi connectivity index (χ4n) is 6.44. The van der Waals surface area contributed by atoms with Crippen molar-refractivity contribution in [2.75, 3.05) is 18.8 Å². The first kappa shape index (κ1) is 18.5. The van der Waals surface area contributed by atoms with Gasteiger partial charge in [0.15, 0.2) is 0 Å². The summed E-state index contributed by atoms with van der Waals surface area (Å²) in [6, 6.07) is 5.80. The van der Waals surface area contributed by atoms with Crippen molar-refractivity contribution in [2.24, 2.45) is 28.9 Å². The fourth-order valence-corrected chi connectivity index (χ4v) is 7.10. The maximum Gasteiger partial charge on any atom is 0.268 e. The van der Waals surface area contributed by atoms with Crippen LogP contribution in [0.3, 0.4) is 0 Å². The third-order valence-corrected chi connectivity index (χ3v) is 8.10. The molecule has 4 saturated carbocycles. The van der Waals surface area contributed by atoms with Gasteiger partial charge in [-0.2, -0.15) is 11.8 Å². The fraction of sp³-hybridized carbons (Fsp3) is 0.636. The van der Waals surface area contributed by atoms with Crippen molar-refractivity contribution >= 4 is 23.3 Å². The van der Waals surface area contributed by atoms with Crippen LogP contribution in [-0.4, -0.2) is 34.1 Å². The van der Waals surface area contributed by atoms with Crippen LogP contribution < -0.4 is 11.1 Å². The molecule has 2 aromatic rings. The van der Waals surface area contributed by atoms with E-state index in [0.717, 1.165) is 47.1 Å². The summed E-state index contributed by atoms with van der Waals surface area (Å²) >= 11 is 1.78. The number of pyridine rings is 1. The molecule has 4 aliphatic carbocycles. The Morgan fingerprint density at radius 1 is 1.21 bits per heavy atom. The van der Waals surface area contributed by atoms with Crippen LogP contribution in [0.5, 0.6) is 0 Å². The third kappa shape index (κ3) is 3.45. The van der Waals surface area contributed by atoms with Gasteiger partial charge in [0.2, 0.25) is 0 Å². The highest BCUT2D eigenvalue weighted by molar-refractivity contribution is 7.98. The number of hydrogen-bond acceptors (Lipinski definition) is 4. The Bertz CT molecular complexity index is 841. The second kappa shape index (κ2) is 7.38. The van der Waals surface area contributed by atoms with Crippen LogP contribution in [0, 0.1) is 23.2 Å². The minimum Gasteiger partial charge on any atom is -0.350 e. The van der Waals surface area contributed by atoms with Gasteiger partial charge in [-0.05, 0) is 73.8 Å². The maximum atomic E-state index is 13.0. The van der Waals surface area contributed by atoms with E-state index >= 15 is 0 Å². The molecule has 0 aromatic carbocycles. The van der Waals surface area contributed by atoms with Crippen molar-refractivity contribution in [3.8, 4) is 0 Å². The lowest BCUT2D eigenvalue weighted by molar-refractivity contribution is -0.0503. The number of aromatic nitrogens is 2. The van der Waals surface area contributed by atoms with Crippen molar-refractivity contribution in [3.05, 3.63) is 35.8 Å². The lowest BCUT2D eigenvalue weighted by Crippen LogP contribution is -2.51. The molecule has 0 spiro atoms. The molecule has 2 aromatic heterocycles. The minimum absolute atomic E-state index is 0.0277. The molecule has 1 amide bonds. The van der Waals surface area contributed by atoms with Crippen LogP contribution in [0.1, 0.15) is 54.7 Å². The molecule has 4 bridgehead atoms. The molecule has 4 aliphatic rings. The molecule has 4 fully saturated rings. The van der Waals surface area contributed by atoms with Crippen molar-refractivity contribution < 1.29 is 4.79 Å². The molecule has 2 heterocycles. The van der Waals surface area contributed by atoms with Gasteiger partial charge in [0, 0.05) is 30.8 Å². The molecule has 0 atom stereocenters. The zero-order chi connectivity index (χ0) is 19.1. The van der Waals surface area contributed by atoms with Crippen LogP contribution in [-0.2, 0) is 5.75 Å². The van der Waals surface area contributed by atoms with E-state index in [2.05, 4.69) is 10.3 Å². The van der Waals surface area contributed by atoms with Crippen LogP contribution >= 0.6 is 11.8 Å². The van der Waals surface area contributed by atoms with Crippen molar-refractivity contribution in [2.45, 2.75) is 44.3 Å². The summed E-state index contributed by atoms with van der Waals surface area (Å²) in [5, 5.41) is 3.30. The van der Waals surface area contributed by atoms with Gasteiger partial charge in [0.05, 0.1) is 5.69 Å². The topological polar surface area (TPSA) is 72.4 Å². The van der Waals surface area contributed by atoms with E-state index < -0.39 is 0 Å². The Balaban J connectivity index is 1.29. The number of nitrogens with two attached hydrogens (primary N) is 1. The maximum absolute atomic E-state index is 13.0. The molecule has 3 N–H and O–H groups in total. The normalized spacial score (nSPS) is 30.8. The predicted molar refractivity (Wildman–Crippen MR) is 113 cm³/mol. The summed E-state index contributed by atoms with van der Waals surface area (Å²) in [6.45, 7) is 1.51. The van der Waals surface area contributed by atoms with Crippen LogP contribution in [0.25, 0.3) is 5.65 Å². The van der Waals surface area contributed by atoms with Crippen LogP contribution in [0.15, 0.2) is 24.4 Å².